The van der Waals surface area contributed by atoms with E-state index in [2.05, 4.69) is 17.5 Å². The van der Waals surface area contributed by atoms with Crippen molar-refractivity contribution in [3.05, 3.63) is 35.4 Å². The van der Waals surface area contributed by atoms with Gasteiger partial charge in [0.25, 0.3) is 5.91 Å². The second-order valence-electron chi connectivity index (χ2n) is 4.90. The van der Waals surface area contributed by atoms with E-state index < -0.39 is 0 Å². The van der Waals surface area contributed by atoms with Crippen molar-refractivity contribution in [2.45, 2.75) is 24.8 Å². The maximum atomic E-state index is 12.1. The highest BCUT2D eigenvalue weighted by Gasteiger charge is 2.35. The van der Waals surface area contributed by atoms with Crippen LogP contribution < -0.4 is 14.8 Å². The van der Waals surface area contributed by atoms with E-state index in [9.17, 15) is 4.79 Å². The van der Waals surface area contributed by atoms with Gasteiger partial charge < -0.3 is 14.8 Å². The van der Waals surface area contributed by atoms with E-state index in [1.54, 1.807) is 6.07 Å². The summed E-state index contributed by atoms with van der Waals surface area (Å²) in [6, 6.07) is 3.98. The molecule has 18 heavy (non-hydrogen) atoms. The van der Waals surface area contributed by atoms with E-state index in [1.165, 1.54) is 0 Å². The van der Waals surface area contributed by atoms with Gasteiger partial charge in [0.1, 0.15) is 0 Å². The fraction of sp³-hybridized carbons (Fsp3) is 0.357. The standard InChI is InChI=1S/C14H13NO3/c16-14-10-6-13-12(17-7-18-13)5-9(10)8-3-1-2-4-11(8)15-14/h1,3,5-6,8,11H,2,4,7H2,(H,15,16)/t8-,11+/m0/s1. The summed E-state index contributed by atoms with van der Waals surface area (Å²) in [4.78, 5) is 12.1. The van der Waals surface area contributed by atoms with Crippen molar-refractivity contribution in [1.29, 1.82) is 0 Å². The highest BCUT2D eigenvalue weighted by Crippen LogP contribution is 2.41. The quantitative estimate of drug-likeness (QED) is 0.708. The lowest BCUT2D eigenvalue weighted by molar-refractivity contribution is 0.0916. The lowest BCUT2D eigenvalue weighted by Gasteiger charge is -2.34. The molecule has 0 spiro atoms. The molecular weight excluding hydrogens is 230 g/mol. The number of hydrogen-bond donors (Lipinski definition) is 1. The lowest BCUT2D eigenvalue weighted by Crippen LogP contribution is -2.44. The number of allylic oxidation sites excluding steroid dienone is 1. The number of benzene rings is 1. The van der Waals surface area contributed by atoms with Crippen molar-refractivity contribution in [2.24, 2.45) is 0 Å². The molecule has 1 amide bonds. The van der Waals surface area contributed by atoms with E-state index in [-0.39, 0.29) is 24.7 Å². The Morgan fingerprint density at radius 2 is 2.06 bits per heavy atom. The van der Waals surface area contributed by atoms with E-state index in [4.69, 9.17) is 9.47 Å². The third-order valence-corrected chi connectivity index (χ3v) is 3.89. The molecule has 1 aromatic carbocycles. The summed E-state index contributed by atoms with van der Waals surface area (Å²) in [6.45, 7) is 0.240. The molecule has 92 valence electrons. The zero-order chi connectivity index (χ0) is 12.1. The first-order chi connectivity index (χ1) is 8.83. The summed E-state index contributed by atoms with van der Waals surface area (Å²) >= 11 is 0. The van der Waals surface area contributed by atoms with Crippen LogP contribution in [0.5, 0.6) is 11.5 Å². The van der Waals surface area contributed by atoms with E-state index in [0.29, 0.717) is 11.3 Å². The zero-order valence-electron chi connectivity index (χ0n) is 9.81. The minimum absolute atomic E-state index is 0.000139. The van der Waals surface area contributed by atoms with Gasteiger partial charge in [-0.3, -0.25) is 4.79 Å². The van der Waals surface area contributed by atoms with Gasteiger partial charge >= 0.3 is 0 Å². The molecule has 1 aliphatic carbocycles. The molecule has 4 nitrogen and oxygen atoms in total. The van der Waals surface area contributed by atoms with Gasteiger partial charge in [0, 0.05) is 17.5 Å². The van der Waals surface area contributed by atoms with Crippen LogP contribution in [0.15, 0.2) is 24.3 Å². The molecule has 4 heteroatoms. The molecule has 2 aliphatic heterocycles. The monoisotopic (exact) mass is 243 g/mol. The van der Waals surface area contributed by atoms with Crippen molar-refractivity contribution >= 4 is 5.91 Å². The number of carbonyl (C=O) groups excluding carboxylic acids is 1. The largest absolute Gasteiger partial charge is 0.454 e. The van der Waals surface area contributed by atoms with Crippen LogP contribution in [-0.4, -0.2) is 18.7 Å². The minimum atomic E-state index is -0.000139. The molecule has 4 rings (SSSR count). The van der Waals surface area contributed by atoms with Crippen LogP contribution >= 0.6 is 0 Å². The number of ether oxygens (including phenoxy) is 2. The van der Waals surface area contributed by atoms with Gasteiger partial charge in [-0.05, 0) is 30.5 Å². The molecule has 0 radical (unpaired) electrons. The average Bonchev–Trinajstić information content (AvgIpc) is 2.84. The topological polar surface area (TPSA) is 47.6 Å². The minimum Gasteiger partial charge on any atom is -0.454 e. The predicted molar refractivity (Wildman–Crippen MR) is 64.9 cm³/mol. The van der Waals surface area contributed by atoms with Crippen LogP contribution in [0, 0.1) is 0 Å². The van der Waals surface area contributed by atoms with Crippen molar-refractivity contribution in [2.75, 3.05) is 6.79 Å². The van der Waals surface area contributed by atoms with E-state index in [0.717, 1.165) is 24.2 Å². The number of nitrogens with one attached hydrogen (secondary N) is 1. The normalized spacial score (nSPS) is 27.4. The van der Waals surface area contributed by atoms with Crippen molar-refractivity contribution in [3.8, 4) is 11.5 Å². The number of fused-ring (bicyclic) bond motifs is 4. The van der Waals surface area contributed by atoms with Gasteiger partial charge in [0.05, 0.1) is 0 Å². The predicted octanol–water partition coefficient (Wildman–Crippen LogP) is 1.96. The molecule has 0 saturated carbocycles. The highest BCUT2D eigenvalue weighted by atomic mass is 16.7. The number of hydrogen-bond acceptors (Lipinski definition) is 3. The van der Waals surface area contributed by atoms with Gasteiger partial charge in [-0.15, -0.1) is 0 Å². The van der Waals surface area contributed by atoms with Crippen LogP contribution in [0.3, 0.4) is 0 Å². The molecule has 3 aliphatic rings. The third kappa shape index (κ3) is 1.29. The molecule has 2 atom stereocenters. The Labute approximate surface area is 105 Å². The third-order valence-electron chi connectivity index (χ3n) is 3.89. The first kappa shape index (κ1) is 10.00. The Kier molecular flexibility index (Phi) is 1.95. The van der Waals surface area contributed by atoms with Gasteiger partial charge in [-0.1, -0.05) is 12.2 Å². The lowest BCUT2D eigenvalue weighted by atomic mass is 9.79. The molecule has 0 aromatic heterocycles. The average molecular weight is 243 g/mol. The smallest absolute Gasteiger partial charge is 0.251 e. The van der Waals surface area contributed by atoms with Crippen molar-refractivity contribution in [1.82, 2.24) is 5.32 Å². The Hall–Kier alpha value is -1.97. The molecular formula is C14H13NO3. The second-order valence-corrected chi connectivity index (χ2v) is 4.90. The fourth-order valence-corrected chi connectivity index (χ4v) is 2.99. The van der Waals surface area contributed by atoms with E-state index in [1.807, 2.05) is 6.07 Å². The van der Waals surface area contributed by atoms with E-state index >= 15 is 0 Å². The molecule has 1 aromatic rings. The zero-order valence-corrected chi connectivity index (χ0v) is 9.81. The Bertz CT molecular complexity index is 564. The maximum Gasteiger partial charge on any atom is 0.251 e. The van der Waals surface area contributed by atoms with Crippen LogP contribution in [0.4, 0.5) is 0 Å². The van der Waals surface area contributed by atoms with Gasteiger partial charge in [-0.25, -0.2) is 0 Å². The fourth-order valence-electron chi connectivity index (χ4n) is 2.99. The molecule has 0 fully saturated rings. The summed E-state index contributed by atoms with van der Waals surface area (Å²) < 4.78 is 10.7. The maximum absolute atomic E-state index is 12.1. The first-order valence-corrected chi connectivity index (χ1v) is 6.24. The summed E-state index contributed by atoms with van der Waals surface area (Å²) in [6.07, 6.45) is 6.41. The first-order valence-electron chi connectivity index (χ1n) is 6.24. The summed E-state index contributed by atoms with van der Waals surface area (Å²) in [7, 11) is 0. The van der Waals surface area contributed by atoms with Gasteiger partial charge in [0.2, 0.25) is 6.79 Å². The van der Waals surface area contributed by atoms with Gasteiger partial charge in [0.15, 0.2) is 11.5 Å². The Balaban J connectivity index is 1.90. The number of rotatable bonds is 0. The second kappa shape index (κ2) is 3.51. The number of carbonyl (C=O) groups is 1. The molecule has 2 heterocycles. The van der Waals surface area contributed by atoms with Gasteiger partial charge in [-0.2, -0.15) is 0 Å². The summed E-state index contributed by atoms with van der Waals surface area (Å²) in [5, 5.41) is 3.08. The van der Waals surface area contributed by atoms with Crippen LogP contribution in [0.25, 0.3) is 0 Å². The Morgan fingerprint density at radius 1 is 1.22 bits per heavy atom. The Morgan fingerprint density at radius 3 is 2.94 bits per heavy atom. The van der Waals surface area contributed by atoms with Crippen LogP contribution in [-0.2, 0) is 0 Å². The summed E-state index contributed by atoms with van der Waals surface area (Å²) in [5.41, 5.74) is 1.77. The van der Waals surface area contributed by atoms with Crippen molar-refractivity contribution < 1.29 is 14.3 Å². The molecule has 0 saturated heterocycles. The molecule has 1 N–H and O–H groups in total. The van der Waals surface area contributed by atoms with Crippen LogP contribution in [0.2, 0.25) is 0 Å². The van der Waals surface area contributed by atoms with Crippen molar-refractivity contribution in [3.63, 3.8) is 0 Å². The highest BCUT2D eigenvalue weighted by molar-refractivity contribution is 5.98. The molecule has 0 unspecified atom stereocenters. The summed E-state index contributed by atoms with van der Waals surface area (Å²) in [5.74, 6) is 1.68. The van der Waals surface area contributed by atoms with Crippen LogP contribution in [0.1, 0.15) is 34.7 Å². The number of amides is 1. The SMILES string of the molecule is O=C1N[C@@H]2CCC=C[C@H]2c2cc3c(cc21)OCO3. The molecule has 0 bridgehead atoms.